The second-order valence-corrected chi connectivity index (χ2v) is 12.7. The van der Waals surface area contributed by atoms with Gasteiger partial charge in [0.15, 0.2) is 17.5 Å². The van der Waals surface area contributed by atoms with Crippen LogP contribution in [0.1, 0.15) is 17.8 Å². The van der Waals surface area contributed by atoms with Crippen LogP contribution in [0.4, 0.5) is 0 Å². The van der Waals surface area contributed by atoms with Crippen LogP contribution in [0.15, 0.2) is 206 Å². The summed E-state index contributed by atoms with van der Waals surface area (Å²) in [6.07, 6.45) is 0. The highest BCUT2D eigenvalue weighted by molar-refractivity contribution is 6.09. The lowest BCUT2D eigenvalue weighted by Crippen LogP contribution is -2.04. The zero-order chi connectivity index (χ0) is 47.9. The van der Waals surface area contributed by atoms with E-state index in [9.17, 15) is 2.74 Å². The fourth-order valence-corrected chi connectivity index (χ4v) is 6.82. The summed E-state index contributed by atoms with van der Waals surface area (Å²) >= 11 is 0. The smallest absolute Gasteiger partial charge is 0.166 e. The number of fused-ring (bicyclic) bond motifs is 3. The number of hydrogen-bond donors (Lipinski definition) is 0. The van der Waals surface area contributed by atoms with Crippen LogP contribution in [0.25, 0.3) is 95.0 Å². The predicted octanol–water partition coefficient (Wildman–Crippen LogP) is 13.0. The van der Waals surface area contributed by atoms with Crippen molar-refractivity contribution in [2.45, 2.75) is 0 Å². The van der Waals surface area contributed by atoms with Crippen LogP contribution in [0.2, 0.25) is 0 Å². The third-order valence-corrected chi connectivity index (χ3v) is 9.38. The number of rotatable bonds is 7. The highest BCUT2D eigenvalue weighted by Crippen LogP contribution is 2.40. The van der Waals surface area contributed by atoms with E-state index in [0.29, 0.717) is 11.1 Å². The van der Waals surface area contributed by atoms with Crippen molar-refractivity contribution in [2.24, 2.45) is 0 Å². The van der Waals surface area contributed by atoms with Crippen molar-refractivity contribution >= 4 is 21.8 Å². The fraction of sp³-hybridized carbons (Fsp3) is 0. The molecule has 0 fully saturated rings. The topological polar surface area (TPSA) is 43.6 Å². The van der Waals surface area contributed by atoms with Crippen molar-refractivity contribution in [2.75, 3.05) is 0 Å². The van der Waals surface area contributed by atoms with Gasteiger partial charge in [0.1, 0.15) is 0 Å². The molecular formula is C51H34N4. The fourth-order valence-electron chi connectivity index (χ4n) is 6.82. The minimum atomic E-state index is -0.605. The molecule has 2 aromatic heterocycles. The number of benzene rings is 8. The molecule has 0 aliphatic heterocycles. The van der Waals surface area contributed by atoms with E-state index in [1.165, 1.54) is 4.57 Å². The molecule has 10 rings (SSSR count). The summed E-state index contributed by atoms with van der Waals surface area (Å²) in [4.78, 5) is 14.4. The molecule has 0 unspecified atom stereocenters. The maximum absolute atomic E-state index is 9.37. The van der Waals surface area contributed by atoms with Crippen LogP contribution in [0.3, 0.4) is 0 Å². The third kappa shape index (κ3) is 6.06. The quantitative estimate of drug-likeness (QED) is 0.165. The zero-order valence-corrected chi connectivity index (χ0v) is 28.9. The molecule has 0 saturated carbocycles. The van der Waals surface area contributed by atoms with E-state index in [1.54, 1.807) is 42.5 Å². The zero-order valence-electron chi connectivity index (χ0n) is 41.9. The van der Waals surface area contributed by atoms with E-state index in [-0.39, 0.29) is 56.1 Å². The summed E-state index contributed by atoms with van der Waals surface area (Å²) in [6.45, 7) is 0. The lowest BCUT2D eigenvalue weighted by atomic mass is 9.92. The minimum absolute atomic E-state index is 0.0709. The second-order valence-electron chi connectivity index (χ2n) is 12.7. The molecule has 0 saturated heterocycles. The molecule has 10 aromatic rings. The van der Waals surface area contributed by atoms with Gasteiger partial charge in [-0.2, -0.15) is 0 Å². The molecule has 0 radical (unpaired) electrons. The number of para-hydroxylation sites is 2. The molecule has 0 bridgehead atoms. The van der Waals surface area contributed by atoms with Crippen molar-refractivity contribution in [1.29, 1.82) is 0 Å². The molecule has 0 N–H and O–H groups in total. The Bertz CT molecular complexity index is 3550. The maximum atomic E-state index is 9.37. The summed E-state index contributed by atoms with van der Waals surface area (Å²) in [5.74, 6) is -0.265. The Labute approximate surface area is 338 Å². The second kappa shape index (κ2) is 13.8. The van der Waals surface area contributed by atoms with Gasteiger partial charge in [-0.15, -0.1) is 0 Å². The number of hydrogen-bond acceptors (Lipinski definition) is 3. The van der Waals surface area contributed by atoms with Gasteiger partial charge >= 0.3 is 0 Å². The third-order valence-electron chi connectivity index (χ3n) is 9.38. The van der Waals surface area contributed by atoms with Gasteiger partial charge in [0.05, 0.1) is 34.5 Å². The highest BCUT2D eigenvalue weighted by atomic mass is 15.1. The van der Waals surface area contributed by atoms with Crippen LogP contribution >= 0.6 is 0 Å². The van der Waals surface area contributed by atoms with Gasteiger partial charge in [0.2, 0.25) is 0 Å². The average Bonchev–Trinajstić information content (AvgIpc) is 3.74. The van der Waals surface area contributed by atoms with E-state index in [0.717, 1.165) is 27.8 Å². The van der Waals surface area contributed by atoms with Gasteiger partial charge in [-0.1, -0.05) is 164 Å². The van der Waals surface area contributed by atoms with Gasteiger partial charge in [0.25, 0.3) is 0 Å². The summed E-state index contributed by atoms with van der Waals surface area (Å²) in [5.41, 5.74) is 5.24. The standard InChI is InChI=1S/C51H34N4/c1-5-17-35(18-6-1)40-31-41(36-19-7-2-8-20-36)33-42(32-40)39-29-30-45(48(34-39)55-46-27-15-13-25-43(46)44-26-14-16-28-47(44)55)51-53-49(37-21-9-3-10-22-37)52-50(54-51)38-23-11-4-12-24-38/h1-34H/i3D,9D,10D,13D,14D,15D,16D,21D,22D,25D,26D,27D,28D. The minimum Gasteiger partial charge on any atom is -0.308 e. The van der Waals surface area contributed by atoms with Crippen molar-refractivity contribution < 1.29 is 17.8 Å². The Kier molecular flexibility index (Phi) is 5.37. The lowest BCUT2D eigenvalue weighted by Gasteiger charge is -2.17. The van der Waals surface area contributed by atoms with Crippen molar-refractivity contribution in [3.63, 3.8) is 0 Å². The molecule has 0 aliphatic rings. The molecule has 4 nitrogen and oxygen atoms in total. The summed E-state index contributed by atoms with van der Waals surface area (Å²) < 4.78 is 116. The molecule has 0 amide bonds. The summed E-state index contributed by atoms with van der Waals surface area (Å²) in [7, 11) is 0. The van der Waals surface area contributed by atoms with Gasteiger partial charge in [0, 0.05) is 27.5 Å². The molecule has 0 atom stereocenters. The Morgan fingerprint density at radius 3 is 1.36 bits per heavy atom. The molecule has 258 valence electrons. The molecule has 4 heteroatoms. The Balaban J connectivity index is 1.37. The maximum Gasteiger partial charge on any atom is 0.166 e. The van der Waals surface area contributed by atoms with Gasteiger partial charge in [-0.3, -0.25) is 0 Å². The van der Waals surface area contributed by atoms with Crippen LogP contribution < -0.4 is 0 Å². The van der Waals surface area contributed by atoms with E-state index in [2.05, 4.69) is 11.1 Å². The van der Waals surface area contributed by atoms with Crippen LogP contribution in [0.5, 0.6) is 0 Å². The van der Waals surface area contributed by atoms with Crippen LogP contribution in [-0.2, 0) is 0 Å². The first-order valence-corrected chi connectivity index (χ1v) is 17.5. The first-order chi connectivity index (χ1) is 32.7. The van der Waals surface area contributed by atoms with Crippen LogP contribution in [-0.4, -0.2) is 19.5 Å². The molecule has 0 aliphatic carbocycles. The van der Waals surface area contributed by atoms with Crippen molar-refractivity contribution in [3.05, 3.63) is 206 Å². The Morgan fingerprint density at radius 2 is 0.800 bits per heavy atom. The summed E-state index contributed by atoms with van der Waals surface area (Å²) in [6, 6.07) is 32.4. The van der Waals surface area contributed by atoms with Gasteiger partial charge in [-0.25, -0.2) is 15.0 Å². The Morgan fingerprint density at radius 1 is 0.345 bits per heavy atom. The lowest BCUT2D eigenvalue weighted by molar-refractivity contribution is 1.06. The molecule has 2 heterocycles. The first kappa shape index (κ1) is 21.3. The van der Waals surface area contributed by atoms with Crippen molar-refractivity contribution in [3.8, 4) is 73.2 Å². The Hall–Kier alpha value is -7.43. The van der Waals surface area contributed by atoms with Gasteiger partial charge < -0.3 is 4.57 Å². The van der Waals surface area contributed by atoms with E-state index < -0.39 is 78.6 Å². The molecule has 8 aromatic carbocycles. The summed E-state index contributed by atoms with van der Waals surface area (Å²) in [5, 5.41) is -0.264. The predicted molar refractivity (Wildman–Crippen MR) is 227 cm³/mol. The first-order valence-electron chi connectivity index (χ1n) is 24.0. The number of nitrogens with zero attached hydrogens (tertiary/aromatic N) is 4. The monoisotopic (exact) mass is 715 g/mol. The molecule has 0 spiro atoms. The van der Waals surface area contributed by atoms with Crippen molar-refractivity contribution in [1.82, 2.24) is 19.5 Å². The van der Waals surface area contributed by atoms with E-state index in [4.69, 9.17) is 25.0 Å². The molecular weight excluding hydrogens is 669 g/mol. The van der Waals surface area contributed by atoms with E-state index in [1.807, 2.05) is 78.9 Å². The van der Waals surface area contributed by atoms with Crippen LogP contribution in [0, 0.1) is 0 Å². The highest BCUT2D eigenvalue weighted by Gasteiger charge is 2.20. The molecule has 55 heavy (non-hydrogen) atoms. The average molecular weight is 716 g/mol. The largest absolute Gasteiger partial charge is 0.308 e. The SMILES string of the molecule is [2H]c1c([2H])c([2H])c(-c2nc(-c3ccccc3)nc(-c3ccc(-c4cc(-c5ccccc5)cc(-c5ccccc5)c4)cc3-n3c4c([2H])c([2H])c([2H])c([2H])c4c4c([2H])c([2H])c([2H])c([2H])c43)n2)c([2H])c1[2H]. The van der Waals surface area contributed by atoms with Gasteiger partial charge in [-0.05, 0) is 75.8 Å². The van der Waals surface area contributed by atoms with E-state index >= 15 is 0 Å². The number of aromatic nitrogens is 4. The normalized spacial score (nSPS) is 14.6.